The van der Waals surface area contributed by atoms with Crippen molar-refractivity contribution in [2.24, 2.45) is 0 Å². The molecule has 0 atom stereocenters. The van der Waals surface area contributed by atoms with Crippen LogP contribution in [0.5, 0.6) is 0 Å². The zero-order valence-electron chi connectivity index (χ0n) is 16.4. The first-order valence-corrected chi connectivity index (χ1v) is 8.62. The molecule has 6 N–H and O–H groups in total. The molecule has 164 valence electrons. The number of nitrogens with zero attached hydrogens (tertiary/aromatic N) is 6. The smallest absolute Gasteiger partial charge is 0.286 e. The number of nitrogens with one attached hydrogen (secondary N) is 6. The maximum Gasteiger partial charge on any atom is 2.00 e. The van der Waals surface area contributed by atoms with Gasteiger partial charge in [-0.3, -0.25) is 30.6 Å². The number of aromatic nitrogens is 12. The normalized spacial score (nSPS) is 7.74. The van der Waals surface area contributed by atoms with E-state index in [1.54, 1.807) is 74.4 Å². The molecular weight excluding hydrogens is 443 g/mol. The predicted molar refractivity (Wildman–Crippen MR) is 112 cm³/mol. The number of hydrogen-bond acceptors (Lipinski definition) is 6. The Morgan fingerprint density at radius 3 is 0.484 bits per heavy atom. The third-order valence-electron chi connectivity index (χ3n) is 2.44. The minimum atomic E-state index is 0. The van der Waals surface area contributed by atoms with Crippen LogP contribution >= 0.6 is 0 Å². The number of aromatic amines is 6. The second-order valence-electron chi connectivity index (χ2n) is 4.60. The van der Waals surface area contributed by atoms with Gasteiger partial charge >= 0.3 is 16.5 Å². The van der Waals surface area contributed by atoms with Gasteiger partial charge in [0.15, 0.2) is 0 Å². The number of hydrogen-bond donors (Lipinski definition) is 6. The molecule has 13 heteroatoms. The van der Waals surface area contributed by atoms with Gasteiger partial charge in [0.05, 0.1) is 0 Å². The summed E-state index contributed by atoms with van der Waals surface area (Å²) in [5, 5.41) is 37.2. The Hall–Kier alpha value is -4.25. The molecule has 6 rings (SSSR count). The minimum Gasteiger partial charge on any atom is -0.286 e. The summed E-state index contributed by atoms with van der Waals surface area (Å²) in [5.74, 6) is 0. The van der Waals surface area contributed by atoms with E-state index in [-0.39, 0.29) is 16.5 Å². The van der Waals surface area contributed by atoms with E-state index in [9.17, 15) is 0 Å². The van der Waals surface area contributed by atoms with E-state index >= 15 is 0 Å². The average molecular weight is 467 g/mol. The topological polar surface area (TPSA) is 172 Å². The first kappa shape index (κ1) is 26.8. The minimum absolute atomic E-state index is 0. The maximum absolute atomic E-state index is 3.60. The third-order valence-corrected chi connectivity index (χ3v) is 2.44. The molecule has 0 fully saturated rings. The fraction of sp³-hybridized carbons (Fsp3) is 0. The SMILES string of the molecule is [Ni+2].c1cn[nH]c1.c1cn[nH]c1.c1cn[nH]c1.c1cn[nH]c1.c1cn[nH]c1.c1cn[nH]c1. The Bertz CT molecular complexity index is 578. The van der Waals surface area contributed by atoms with Gasteiger partial charge in [0.1, 0.15) is 0 Å². The van der Waals surface area contributed by atoms with Crippen molar-refractivity contribution in [1.29, 1.82) is 0 Å². The second kappa shape index (κ2) is 23.8. The van der Waals surface area contributed by atoms with E-state index in [2.05, 4.69) is 61.2 Å². The third kappa shape index (κ3) is 21.9. The molecule has 0 aromatic carbocycles. The summed E-state index contributed by atoms with van der Waals surface area (Å²) in [4.78, 5) is 0. The van der Waals surface area contributed by atoms with Gasteiger partial charge < -0.3 is 0 Å². The summed E-state index contributed by atoms with van der Waals surface area (Å²) < 4.78 is 0. The van der Waals surface area contributed by atoms with Crippen molar-refractivity contribution in [2.45, 2.75) is 0 Å². The van der Waals surface area contributed by atoms with Crippen molar-refractivity contribution in [1.82, 2.24) is 61.2 Å². The molecule has 0 saturated heterocycles. The summed E-state index contributed by atoms with van der Waals surface area (Å²) in [6.07, 6.45) is 20.8. The van der Waals surface area contributed by atoms with Crippen LogP contribution < -0.4 is 0 Å². The molecule has 0 amide bonds. The van der Waals surface area contributed by atoms with E-state index in [1.807, 2.05) is 36.4 Å². The Morgan fingerprint density at radius 1 is 0.290 bits per heavy atom. The fourth-order valence-electron chi connectivity index (χ4n) is 1.29. The average Bonchev–Trinajstić information content (AvgIpc) is 3.69. The van der Waals surface area contributed by atoms with Crippen LogP contribution in [0.3, 0.4) is 0 Å². The van der Waals surface area contributed by atoms with Gasteiger partial charge in [0.2, 0.25) is 0 Å². The van der Waals surface area contributed by atoms with Crippen molar-refractivity contribution in [3.63, 3.8) is 0 Å². The van der Waals surface area contributed by atoms with E-state index in [0.717, 1.165) is 0 Å². The van der Waals surface area contributed by atoms with E-state index in [4.69, 9.17) is 0 Å². The predicted octanol–water partition coefficient (Wildman–Crippen LogP) is 2.46. The zero-order chi connectivity index (χ0) is 21.2. The summed E-state index contributed by atoms with van der Waals surface area (Å²) >= 11 is 0. The molecule has 12 nitrogen and oxygen atoms in total. The van der Waals surface area contributed by atoms with Crippen LogP contribution in [0.1, 0.15) is 0 Å². The van der Waals surface area contributed by atoms with Crippen LogP contribution in [0, 0.1) is 0 Å². The van der Waals surface area contributed by atoms with Gasteiger partial charge in [-0.15, -0.1) is 0 Å². The van der Waals surface area contributed by atoms with Crippen molar-refractivity contribution in [2.75, 3.05) is 0 Å². The molecule has 6 aromatic heterocycles. The largest absolute Gasteiger partial charge is 2.00 e. The Morgan fingerprint density at radius 2 is 0.452 bits per heavy atom. The van der Waals surface area contributed by atoms with Crippen molar-refractivity contribution in [3.8, 4) is 0 Å². The van der Waals surface area contributed by atoms with Crippen molar-refractivity contribution >= 4 is 0 Å². The zero-order valence-corrected chi connectivity index (χ0v) is 17.4. The molecule has 0 bridgehead atoms. The van der Waals surface area contributed by atoms with Crippen LogP contribution in [-0.2, 0) is 16.5 Å². The molecule has 0 aliphatic carbocycles. The van der Waals surface area contributed by atoms with E-state index in [1.165, 1.54) is 0 Å². The standard InChI is InChI=1S/6C3H4N2.Ni/c6*1-2-4-5-3-1;/h6*1-3H,(H,4,5);/q;;;;;;+2. The van der Waals surface area contributed by atoms with Crippen LogP contribution in [0.2, 0.25) is 0 Å². The fourth-order valence-corrected chi connectivity index (χ4v) is 1.29. The van der Waals surface area contributed by atoms with Crippen LogP contribution in [0.25, 0.3) is 0 Å². The number of H-pyrrole nitrogens is 6. The molecule has 31 heavy (non-hydrogen) atoms. The van der Waals surface area contributed by atoms with Gasteiger partial charge in [-0.25, -0.2) is 0 Å². The molecule has 0 aliphatic rings. The van der Waals surface area contributed by atoms with Gasteiger partial charge in [0, 0.05) is 74.4 Å². The first-order valence-electron chi connectivity index (χ1n) is 8.62. The molecule has 0 unspecified atom stereocenters. The van der Waals surface area contributed by atoms with Crippen LogP contribution in [0.15, 0.2) is 111 Å². The Labute approximate surface area is 188 Å². The summed E-state index contributed by atoms with van der Waals surface area (Å²) in [6.45, 7) is 0. The molecule has 6 aromatic rings. The van der Waals surface area contributed by atoms with Gasteiger partial charge in [0.25, 0.3) is 0 Å². The van der Waals surface area contributed by atoms with Gasteiger partial charge in [-0.05, 0) is 36.4 Å². The monoisotopic (exact) mass is 466 g/mol. The Kier molecular flexibility index (Phi) is 20.5. The molecule has 6 heterocycles. The van der Waals surface area contributed by atoms with E-state index in [0.29, 0.717) is 0 Å². The quantitative estimate of drug-likeness (QED) is 0.187. The molecular formula is C18H24N12Ni+2. The summed E-state index contributed by atoms with van der Waals surface area (Å²) in [6, 6.07) is 11.0. The Balaban J connectivity index is 0.000000346. The van der Waals surface area contributed by atoms with Gasteiger partial charge in [-0.2, -0.15) is 30.6 Å². The molecule has 0 aliphatic heterocycles. The molecule has 0 saturated carbocycles. The van der Waals surface area contributed by atoms with Crippen molar-refractivity contribution < 1.29 is 16.5 Å². The van der Waals surface area contributed by atoms with E-state index < -0.39 is 0 Å². The summed E-state index contributed by atoms with van der Waals surface area (Å²) in [7, 11) is 0. The van der Waals surface area contributed by atoms with Gasteiger partial charge in [-0.1, -0.05) is 0 Å². The molecule has 0 radical (unpaired) electrons. The molecule has 0 spiro atoms. The first-order chi connectivity index (χ1) is 15.0. The number of rotatable bonds is 0. The van der Waals surface area contributed by atoms with Crippen molar-refractivity contribution in [3.05, 3.63) is 111 Å². The van der Waals surface area contributed by atoms with Crippen LogP contribution in [-0.4, -0.2) is 61.2 Å². The summed E-state index contributed by atoms with van der Waals surface area (Å²) in [5.41, 5.74) is 0. The second-order valence-corrected chi connectivity index (χ2v) is 4.60. The van der Waals surface area contributed by atoms with Crippen LogP contribution in [0.4, 0.5) is 0 Å². The maximum atomic E-state index is 3.60.